The Morgan fingerprint density at radius 1 is 1.11 bits per heavy atom. The third-order valence-corrected chi connectivity index (χ3v) is 6.81. The van der Waals surface area contributed by atoms with E-state index in [1.54, 1.807) is 18.4 Å². The molecule has 1 fully saturated rings. The summed E-state index contributed by atoms with van der Waals surface area (Å²) in [6.45, 7) is 5.08. The van der Waals surface area contributed by atoms with Crippen LogP contribution in [0.1, 0.15) is 35.7 Å². The maximum absolute atomic E-state index is 12.5. The average Bonchev–Trinajstić information content (AvgIpc) is 2.63. The highest BCUT2D eigenvalue weighted by Gasteiger charge is 2.31. The molecular weight excluding hydrogens is 360 g/mol. The van der Waals surface area contributed by atoms with Crippen LogP contribution in [0.3, 0.4) is 0 Å². The molecule has 1 saturated heterocycles. The molecule has 2 aromatic rings. The third kappa shape index (κ3) is 4.66. The number of aromatic nitrogens is 1. The SMILES string of the molecule is Cc1ccc(Nc2cc(C)nc([C@@H]3CCCN(S(=O)(=O)N(C)C)C3)c2)cc1. The summed E-state index contributed by atoms with van der Waals surface area (Å²) in [5.74, 6) is 0.104. The largest absolute Gasteiger partial charge is 0.355 e. The molecule has 6 nitrogen and oxygen atoms in total. The highest BCUT2D eigenvalue weighted by Crippen LogP contribution is 2.30. The number of benzene rings is 1. The summed E-state index contributed by atoms with van der Waals surface area (Å²) in [5.41, 5.74) is 5.10. The Bertz CT molecular complexity index is 895. The lowest BCUT2D eigenvalue weighted by molar-refractivity contribution is 0.296. The summed E-state index contributed by atoms with van der Waals surface area (Å²) in [6, 6.07) is 12.3. The van der Waals surface area contributed by atoms with Gasteiger partial charge in [-0.1, -0.05) is 17.7 Å². The van der Waals surface area contributed by atoms with Crippen molar-refractivity contribution in [3.63, 3.8) is 0 Å². The van der Waals surface area contributed by atoms with Crippen LogP contribution in [-0.4, -0.2) is 49.2 Å². The van der Waals surface area contributed by atoms with Crippen molar-refractivity contribution in [2.75, 3.05) is 32.5 Å². The van der Waals surface area contributed by atoms with Gasteiger partial charge in [-0.2, -0.15) is 17.0 Å². The monoisotopic (exact) mass is 388 g/mol. The standard InChI is InChI=1S/C20H28N4O2S/c1-15-7-9-18(10-8-15)22-19-12-16(2)21-20(13-19)17-6-5-11-24(14-17)27(25,26)23(3)4/h7-10,12-13,17H,5-6,11,14H2,1-4H3,(H,21,22)/t17-/m1/s1. The van der Waals surface area contributed by atoms with E-state index in [0.29, 0.717) is 13.1 Å². The molecule has 2 heterocycles. The van der Waals surface area contributed by atoms with Gasteiger partial charge in [-0.15, -0.1) is 0 Å². The van der Waals surface area contributed by atoms with Gasteiger partial charge in [-0.05, 0) is 51.0 Å². The van der Waals surface area contributed by atoms with Crippen molar-refractivity contribution in [3.8, 4) is 0 Å². The van der Waals surface area contributed by atoms with Gasteiger partial charge >= 0.3 is 0 Å². The highest BCUT2D eigenvalue weighted by atomic mass is 32.2. The van der Waals surface area contributed by atoms with E-state index in [0.717, 1.165) is 35.6 Å². The molecule has 1 aromatic heterocycles. The van der Waals surface area contributed by atoms with E-state index in [-0.39, 0.29) is 5.92 Å². The molecule has 1 N–H and O–H groups in total. The maximum atomic E-state index is 12.5. The van der Waals surface area contributed by atoms with E-state index in [2.05, 4.69) is 36.5 Å². The van der Waals surface area contributed by atoms with Crippen LogP contribution in [0.5, 0.6) is 0 Å². The second-order valence-electron chi connectivity index (χ2n) is 7.40. The molecule has 0 aliphatic carbocycles. The first-order valence-corrected chi connectivity index (χ1v) is 10.7. The molecule has 1 aromatic carbocycles. The van der Waals surface area contributed by atoms with Gasteiger partial charge in [0.1, 0.15) is 0 Å². The van der Waals surface area contributed by atoms with Gasteiger partial charge < -0.3 is 5.32 Å². The number of nitrogens with one attached hydrogen (secondary N) is 1. The zero-order chi connectivity index (χ0) is 19.6. The van der Waals surface area contributed by atoms with Crippen LogP contribution in [-0.2, 0) is 10.2 Å². The van der Waals surface area contributed by atoms with Gasteiger partial charge in [0.25, 0.3) is 10.2 Å². The summed E-state index contributed by atoms with van der Waals surface area (Å²) in [5, 5.41) is 3.43. The molecule has 1 aliphatic rings. The Labute approximate surface area is 162 Å². The van der Waals surface area contributed by atoms with Crippen molar-refractivity contribution in [1.82, 2.24) is 13.6 Å². The van der Waals surface area contributed by atoms with Crippen molar-refractivity contribution in [2.45, 2.75) is 32.6 Å². The number of piperidine rings is 1. The van der Waals surface area contributed by atoms with Crippen molar-refractivity contribution in [2.24, 2.45) is 0 Å². The highest BCUT2D eigenvalue weighted by molar-refractivity contribution is 7.86. The van der Waals surface area contributed by atoms with Gasteiger partial charge in [-0.25, -0.2) is 0 Å². The fraction of sp³-hybridized carbons (Fsp3) is 0.450. The summed E-state index contributed by atoms with van der Waals surface area (Å²) in [6.07, 6.45) is 1.79. The molecule has 3 rings (SSSR count). The first-order valence-electron chi connectivity index (χ1n) is 9.25. The lowest BCUT2D eigenvalue weighted by Gasteiger charge is -2.33. The zero-order valence-corrected chi connectivity index (χ0v) is 17.3. The Hall–Kier alpha value is -1.96. The maximum Gasteiger partial charge on any atom is 0.281 e. The number of rotatable bonds is 5. The molecule has 27 heavy (non-hydrogen) atoms. The number of hydrogen-bond donors (Lipinski definition) is 1. The first-order chi connectivity index (χ1) is 12.8. The first kappa shape index (κ1) is 19.8. The summed E-state index contributed by atoms with van der Waals surface area (Å²) < 4.78 is 27.8. The Morgan fingerprint density at radius 2 is 1.81 bits per heavy atom. The quantitative estimate of drug-likeness (QED) is 0.852. The van der Waals surface area contributed by atoms with Gasteiger partial charge in [0, 0.05) is 55.9 Å². The van der Waals surface area contributed by atoms with Crippen molar-refractivity contribution < 1.29 is 8.42 Å². The predicted octanol–water partition coefficient (Wildman–Crippen LogP) is 3.43. The molecule has 0 bridgehead atoms. The Kier molecular flexibility index (Phi) is 5.83. The van der Waals surface area contributed by atoms with Gasteiger partial charge in [0.2, 0.25) is 0 Å². The van der Waals surface area contributed by atoms with Gasteiger partial charge in [-0.3, -0.25) is 4.98 Å². The van der Waals surface area contributed by atoms with E-state index in [1.807, 2.05) is 19.1 Å². The molecule has 1 aliphatic heterocycles. The molecule has 0 saturated carbocycles. The van der Waals surface area contributed by atoms with Crippen LogP contribution in [0.2, 0.25) is 0 Å². The molecule has 0 unspecified atom stereocenters. The number of anilines is 2. The molecule has 0 spiro atoms. The molecule has 7 heteroatoms. The minimum Gasteiger partial charge on any atom is -0.355 e. The van der Waals surface area contributed by atoms with Gasteiger partial charge in [0.05, 0.1) is 0 Å². The minimum absolute atomic E-state index is 0.104. The van der Waals surface area contributed by atoms with Crippen LogP contribution >= 0.6 is 0 Å². The smallest absolute Gasteiger partial charge is 0.281 e. The Morgan fingerprint density at radius 3 is 2.48 bits per heavy atom. The average molecular weight is 389 g/mol. The normalized spacial score (nSPS) is 18.6. The van der Waals surface area contributed by atoms with E-state index in [1.165, 1.54) is 9.87 Å². The zero-order valence-electron chi connectivity index (χ0n) is 16.4. The number of aryl methyl sites for hydroxylation is 2. The number of hydrogen-bond acceptors (Lipinski definition) is 4. The summed E-state index contributed by atoms with van der Waals surface area (Å²) >= 11 is 0. The second kappa shape index (κ2) is 7.96. The van der Waals surface area contributed by atoms with Crippen LogP contribution in [0, 0.1) is 13.8 Å². The number of pyridine rings is 1. The van der Waals surface area contributed by atoms with Crippen LogP contribution in [0.15, 0.2) is 36.4 Å². The fourth-order valence-corrected chi connectivity index (χ4v) is 4.59. The topological polar surface area (TPSA) is 65.5 Å². The lowest BCUT2D eigenvalue weighted by atomic mass is 9.95. The molecule has 0 radical (unpaired) electrons. The molecular formula is C20H28N4O2S. The van der Waals surface area contributed by atoms with Crippen molar-refractivity contribution in [3.05, 3.63) is 53.3 Å². The minimum atomic E-state index is -3.39. The van der Waals surface area contributed by atoms with Crippen molar-refractivity contribution >= 4 is 21.6 Å². The number of nitrogens with zero attached hydrogens (tertiary/aromatic N) is 3. The van der Waals surface area contributed by atoms with E-state index >= 15 is 0 Å². The van der Waals surface area contributed by atoms with E-state index in [9.17, 15) is 8.42 Å². The van der Waals surface area contributed by atoms with Crippen LogP contribution < -0.4 is 5.32 Å². The molecule has 146 valence electrons. The molecule has 1 atom stereocenters. The molecule has 0 amide bonds. The Balaban J connectivity index is 1.82. The summed E-state index contributed by atoms with van der Waals surface area (Å²) in [7, 11) is -0.237. The fourth-order valence-electron chi connectivity index (χ4n) is 3.40. The predicted molar refractivity (Wildman–Crippen MR) is 110 cm³/mol. The van der Waals surface area contributed by atoms with Crippen LogP contribution in [0.4, 0.5) is 11.4 Å². The van der Waals surface area contributed by atoms with Crippen molar-refractivity contribution in [1.29, 1.82) is 0 Å². The van der Waals surface area contributed by atoms with E-state index < -0.39 is 10.2 Å². The summed E-state index contributed by atoms with van der Waals surface area (Å²) in [4.78, 5) is 4.70. The van der Waals surface area contributed by atoms with Crippen LogP contribution in [0.25, 0.3) is 0 Å². The second-order valence-corrected chi connectivity index (χ2v) is 9.54. The van der Waals surface area contributed by atoms with Gasteiger partial charge in [0.15, 0.2) is 0 Å². The van der Waals surface area contributed by atoms with E-state index in [4.69, 9.17) is 4.98 Å². The third-order valence-electron chi connectivity index (χ3n) is 4.90. The lowest BCUT2D eigenvalue weighted by Crippen LogP contribution is -2.45.